The smallest absolute Gasteiger partial charge is 0.125 e. The van der Waals surface area contributed by atoms with E-state index in [1.54, 1.807) is 7.11 Å². The van der Waals surface area contributed by atoms with Crippen molar-refractivity contribution in [1.82, 2.24) is 5.32 Å². The molecular formula is C37H40N2O4. The minimum absolute atomic E-state index is 0.153. The summed E-state index contributed by atoms with van der Waals surface area (Å²) in [5.41, 5.74) is 8.20. The molecule has 0 heterocycles. The van der Waals surface area contributed by atoms with Gasteiger partial charge in [-0.3, -0.25) is 0 Å². The molecule has 0 unspecified atom stereocenters. The van der Waals surface area contributed by atoms with Crippen LogP contribution in [0.1, 0.15) is 46.8 Å². The van der Waals surface area contributed by atoms with E-state index < -0.39 is 6.10 Å². The van der Waals surface area contributed by atoms with Crippen LogP contribution in [0.15, 0.2) is 121 Å². The van der Waals surface area contributed by atoms with Crippen molar-refractivity contribution in [1.29, 1.82) is 0 Å². The lowest BCUT2D eigenvalue weighted by atomic mass is 9.96. The zero-order valence-electron chi connectivity index (χ0n) is 24.6. The second-order valence-corrected chi connectivity index (χ2v) is 10.7. The first-order valence-electron chi connectivity index (χ1n) is 14.8. The van der Waals surface area contributed by atoms with Gasteiger partial charge >= 0.3 is 0 Å². The van der Waals surface area contributed by atoms with Crippen LogP contribution in [0.25, 0.3) is 5.57 Å². The Bertz CT molecular complexity index is 1520. The Morgan fingerprint density at radius 2 is 1.58 bits per heavy atom. The van der Waals surface area contributed by atoms with E-state index in [0.717, 1.165) is 59.5 Å². The van der Waals surface area contributed by atoms with Crippen LogP contribution in [-0.4, -0.2) is 30.4 Å². The summed E-state index contributed by atoms with van der Waals surface area (Å²) in [5, 5.41) is 27.5. The largest absolute Gasteiger partial charge is 0.500 e. The average molecular weight is 577 g/mol. The monoisotopic (exact) mass is 576 g/mol. The predicted molar refractivity (Wildman–Crippen MR) is 172 cm³/mol. The van der Waals surface area contributed by atoms with Crippen molar-refractivity contribution < 1.29 is 19.7 Å². The topological polar surface area (TPSA) is 83.0 Å². The number of nitrogens with one attached hydrogen (secondary N) is 2. The van der Waals surface area contributed by atoms with Crippen molar-refractivity contribution in [3.05, 3.63) is 148 Å². The van der Waals surface area contributed by atoms with Crippen molar-refractivity contribution in [2.75, 3.05) is 25.5 Å². The van der Waals surface area contributed by atoms with Gasteiger partial charge in [0.2, 0.25) is 0 Å². The van der Waals surface area contributed by atoms with Crippen LogP contribution in [-0.2, 0) is 24.4 Å². The highest BCUT2D eigenvalue weighted by molar-refractivity contribution is 5.78. The molecule has 0 saturated heterocycles. The van der Waals surface area contributed by atoms with Crippen LogP contribution in [0, 0.1) is 0 Å². The molecule has 0 fully saturated rings. The fraction of sp³-hybridized carbons (Fsp3) is 0.243. The van der Waals surface area contributed by atoms with Gasteiger partial charge in [0, 0.05) is 35.5 Å². The van der Waals surface area contributed by atoms with Crippen LogP contribution in [0.2, 0.25) is 0 Å². The first-order valence-corrected chi connectivity index (χ1v) is 14.8. The molecule has 43 heavy (non-hydrogen) atoms. The number of allylic oxidation sites excluding steroid dienone is 4. The molecule has 1 aliphatic carbocycles. The van der Waals surface area contributed by atoms with E-state index in [4.69, 9.17) is 9.47 Å². The molecule has 222 valence electrons. The first kappa shape index (κ1) is 30.1. The zero-order chi connectivity index (χ0) is 29.9. The van der Waals surface area contributed by atoms with Gasteiger partial charge in [-0.1, -0.05) is 78.9 Å². The lowest BCUT2D eigenvalue weighted by Crippen LogP contribution is -2.23. The summed E-state index contributed by atoms with van der Waals surface area (Å²) >= 11 is 0. The van der Waals surface area contributed by atoms with Gasteiger partial charge in [-0.2, -0.15) is 0 Å². The summed E-state index contributed by atoms with van der Waals surface area (Å²) < 4.78 is 11.6. The SMILES string of the molecule is COC1=C(c2ccccc2)C=C(Nc2ccc(CCNC[C@H](O)c3ccc(OCc4ccccc4)c(CO)c3)cc2)CC1. The summed E-state index contributed by atoms with van der Waals surface area (Å²) in [7, 11) is 1.74. The minimum Gasteiger partial charge on any atom is -0.500 e. The highest BCUT2D eigenvalue weighted by Crippen LogP contribution is 2.32. The molecule has 0 amide bonds. The van der Waals surface area contributed by atoms with Crippen LogP contribution in [0.5, 0.6) is 5.75 Å². The zero-order valence-corrected chi connectivity index (χ0v) is 24.6. The van der Waals surface area contributed by atoms with E-state index in [1.807, 2.05) is 66.7 Å². The normalized spacial score (nSPS) is 13.8. The molecule has 6 heteroatoms. The second kappa shape index (κ2) is 15.2. The molecule has 0 radical (unpaired) electrons. The van der Waals surface area contributed by atoms with Crippen LogP contribution in [0.3, 0.4) is 0 Å². The molecule has 0 spiro atoms. The number of ether oxygens (including phenoxy) is 2. The number of rotatable bonds is 14. The van der Waals surface area contributed by atoms with Crippen molar-refractivity contribution in [3.8, 4) is 5.75 Å². The van der Waals surface area contributed by atoms with Crippen LogP contribution < -0.4 is 15.4 Å². The van der Waals surface area contributed by atoms with Gasteiger partial charge in [0.05, 0.1) is 19.8 Å². The number of aliphatic hydroxyl groups excluding tert-OH is 2. The van der Waals surface area contributed by atoms with E-state index in [9.17, 15) is 10.2 Å². The molecule has 1 atom stereocenters. The molecule has 5 rings (SSSR count). The minimum atomic E-state index is -0.683. The molecule has 0 bridgehead atoms. The van der Waals surface area contributed by atoms with Crippen molar-refractivity contribution in [3.63, 3.8) is 0 Å². The fourth-order valence-electron chi connectivity index (χ4n) is 5.22. The third-order valence-electron chi connectivity index (χ3n) is 7.64. The molecule has 4 N–H and O–H groups in total. The maximum Gasteiger partial charge on any atom is 0.125 e. The van der Waals surface area contributed by atoms with E-state index in [2.05, 4.69) is 53.1 Å². The van der Waals surface area contributed by atoms with Gasteiger partial charge < -0.3 is 30.3 Å². The first-order chi connectivity index (χ1) is 21.1. The quantitative estimate of drug-likeness (QED) is 0.124. The van der Waals surface area contributed by atoms with E-state index in [1.165, 1.54) is 11.3 Å². The average Bonchev–Trinajstić information content (AvgIpc) is 3.07. The van der Waals surface area contributed by atoms with Crippen molar-refractivity contribution in [2.24, 2.45) is 0 Å². The van der Waals surface area contributed by atoms with Gasteiger partial charge in [-0.25, -0.2) is 0 Å². The third-order valence-corrected chi connectivity index (χ3v) is 7.64. The molecule has 4 aromatic carbocycles. The third kappa shape index (κ3) is 8.36. The number of aliphatic hydroxyl groups is 2. The summed E-state index contributed by atoms with van der Waals surface area (Å²) in [6.07, 6.45) is 4.12. The molecule has 6 nitrogen and oxygen atoms in total. The maximum absolute atomic E-state index is 10.7. The highest BCUT2D eigenvalue weighted by atomic mass is 16.5. The molecule has 1 aliphatic rings. The molecule has 0 saturated carbocycles. The predicted octanol–water partition coefficient (Wildman–Crippen LogP) is 6.77. The van der Waals surface area contributed by atoms with Gasteiger partial charge in [0.1, 0.15) is 18.1 Å². The van der Waals surface area contributed by atoms with Gasteiger partial charge in [-0.05, 0) is 72.0 Å². The summed E-state index contributed by atoms with van der Waals surface area (Å²) in [6, 6.07) is 34.2. The lowest BCUT2D eigenvalue weighted by molar-refractivity contribution is 0.174. The maximum atomic E-state index is 10.7. The number of anilines is 1. The Kier molecular flexibility index (Phi) is 10.6. The summed E-state index contributed by atoms with van der Waals surface area (Å²) in [4.78, 5) is 0. The number of methoxy groups -OCH3 is 1. The highest BCUT2D eigenvalue weighted by Gasteiger charge is 2.16. The van der Waals surface area contributed by atoms with Crippen LogP contribution >= 0.6 is 0 Å². The van der Waals surface area contributed by atoms with Gasteiger partial charge in [0.25, 0.3) is 0 Å². The van der Waals surface area contributed by atoms with E-state index in [0.29, 0.717) is 24.5 Å². The Morgan fingerprint density at radius 3 is 2.30 bits per heavy atom. The standard InChI is InChI=1S/C37H40N2O4/c1-42-37-19-17-33(23-34(37)29-10-6-3-7-11-29)39-32-15-12-27(13-16-32)20-21-38-24-35(41)30-14-18-36(31(22-30)25-40)43-26-28-8-4-2-5-9-28/h2-16,18,22-23,35,38-41H,17,19-21,24-26H2,1H3/t35-/m0/s1. The van der Waals surface area contributed by atoms with E-state index >= 15 is 0 Å². The summed E-state index contributed by atoms with van der Waals surface area (Å²) in [5.74, 6) is 1.64. The van der Waals surface area contributed by atoms with Gasteiger partial charge in [0.15, 0.2) is 0 Å². The van der Waals surface area contributed by atoms with E-state index in [-0.39, 0.29) is 6.61 Å². The Morgan fingerprint density at radius 1 is 0.837 bits per heavy atom. The number of benzene rings is 4. The molecule has 0 aliphatic heterocycles. The Balaban J connectivity index is 1.09. The molecule has 4 aromatic rings. The van der Waals surface area contributed by atoms with Crippen molar-refractivity contribution in [2.45, 2.75) is 38.6 Å². The number of hydrogen-bond donors (Lipinski definition) is 4. The Labute approximate surface area is 254 Å². The van der Waals surface area contributed by atoms with Gasteiger partial charge in [-0.15, -0.1) is 0 Å². The molecular weight excluding hydrogens is 536 g/mol. The fourth-order valence-corrected chi connectivity index (χ4v) is 5.22. The van der Waals surface area contributed by atoms with Crippen LogP contribution in [0.4, 0.5) is 5.69 Å². The summed E-state index contributed by atoms with van der Waals surface area (Å²) in [6.45, 7) is 1.43. The second-order valence-electron chi connectivity index (χ2n) is 10.7. The number of hydrogen-bond acceptors (Lipinski definition) is 6. The Hall–Kier alpha value is -4.36. The van der Waals surface area contributed by atoms with Crippen molar-refractivity contribution >= 4 is 11.3 Å². The lowest BCUT2D eigenvalue weighted by Gasteiger charge is -2.21. The molecule has 0 aromatic heterocycles.